The molecular weight excluding hydrogens is 217 g/mol. The van der Waals surface area contributed by atoms with Gasteiger partial charge in [0, 0.05) is 18.2 Å². The molecule has 0 saturated heterocycles. The van der Waals surface area contributed by atoms with Crippen molar-refractivity contribution >= 4 is 0 Å². The molecule has 1 aromatic carbocycles. The molecule has 3 heteroatoms. The van der Waals surface area contributed by atoms with Gasteiger partial charge in [-0.3, -0.25) is 0 Å². The normalized spacial score (nSPS) is 13.0. The van der Waals surface area contributed by atoms with E-state index in [9.17, 15) is 4.39 Å². The summed E-state index contributed by atoms with van der Waals surface area (Å²) in [7, 11) is 0. The number of ether oxygens (including phenoxy) is 1. The zero-order valence-electron chi connectivity index (χ0n) is 10.9. The fourth-order valence-corrected chi connectivity index (χ4v) is 1.65. The molecule has 0 aliphatic carbocycles. The maximum absolute atomic E-state index is 13.5. The van der Waals surface area contributed by atoms with Gasteiger partial charge in [0.2, 0.25) is 0 Å². The van der Waals surface area contributed by atoms with E-state index in [4.69, 9.17) is 4.74 Å². The lowest BCUT2D eigenvalue weighted by Gasteiger charge is -2.15. The second-order valence-corrected chi connectivity index (χ2v) is 4.47. The zero-order valence-corrected chi connectivity index (χ0v) is 10.9. The van der Waals surface area contributed by atoms with E-state index in [1.807, 2.05) is 32.9 Å². The van der Waals surface area contributed by atoms with Crippen LogP contribution in [0.4, 0.5) is 4.39 Å². The standard InChI is InChI=1S/C14H22FNO/c1-11(2)17-10-6-9-16-12(3)13-7-4-5-8-14(13)15/h4-5,7-8,11-12,16H,6,9-10H2,1-3H3. The molecule has 17 heavy (non-hydrogen) atoms. The van der Waals surface area contributed by atoms with Crippen molar-refractivity contribution in [2.75, 3.05) is 13.2 Å². The van der Waals surface area contributed by atoms with Crippen LogP contribution in [0, 0.1) is 5.82 Å². The molecule has 0 amide bonds. The highest BCUT2D eigenvalue weighted by molar-refractivity contribution is 5.20. The highest BCUT2D eigenvalue weighted by atomic mass is 19.1. The van der Waals surface area contributed by atoms with E-state index < -0.39 is 0 Å². The van der Waals surface area contributed by atoms with Crippen LogP contribution >= 0.6 is 0 Å². The van der Waals surface area contributed by atoms with Crippen LogP contribution in [0.2, 0.25) is 0 Å². The summed E-state index contributed by atoms with van der Waals surface area (Å²) in [4.78, 5) is 0. The van der Waals surface area contributed by atoms with Gasteiger partial charge in [0.25, 0.3) is 0 Å². The van der Waals surface area contributed by atoms with Gasteiger partial charge in [0.05, 0.1) is 6.10 Å². The minimum Gasteiger partial charge on any atom is -0.379 e. The first-order valence-electron chi connectivity index (χ1n) is 6.20. The van der Waals surface area contributed by atoms with Gasteiger partial charge in [0.1, 0.15) is 5.82 Å². The summed E-state index contributed by atoms with van der Waals surface area (Å²) in [5, 5.41) is 3.29. The Morgan fingerprint density at radius 1 is 1.24 bits per heavy atom. The highest BCUT2D eigenvalue weighted by Gasteiger charge is 2.08. The second kappa shape index (κ2) is 7.41. The maximum Gasteiger partial charge on any atom is 0.127 e. The molecule has 0 fully saturated rings. The van der Waals surface area contributed by atoms with Crippen molar-refractivity contribution in [2.24, 2.45) is 0 Å². The van der Waals surface area contributed by atoms with E-state index in [-0.39, 0.29) is 18.0 Å². The summed E-state index contributed by atoms with van der Waals surface area (Å²) in [5.41, 5.74) is 0.720. The number of benzene rings is 1. The number of nitrogens with one attached hydrogen (secondary N) is 1. The Balaban J connectivity index is 2.26. The molecule has 1 aromatic rings. The van der Waals surface area contributed by atoms with Crippen LogP contribution in [0.5, 0.6) is 0 Å². The van der Waals surface area contributed by atoms with Crippen LogP contribution in [0.15, 0.2) is 24.3 Å². The molecule has 96 valence electrons. The number of rotatable bonds is 7. The van der Waals surface area contributed by atoms with Crippen molar-refractivity contribution < 1.29 is 9.13 Å². The Morgan fingerprint density at radius 2 is 1.94 bits per heavy atom. The molecule has 0 heterocycles. The van der Waals surface area contributed by atoms with E-state index >= 15 is 0 Å². The van der Waals surface area contributed by atoms with Crippen LogP contribution in [-0.2, 0) is 4.74 Å². The molecule has 0 bridgehead atoms. The van der Waals surface area contributed by atoms with Crippen molar-refractivity contribution in [3.8, 4) is 0 Å². The van der Waals surface area contributed by atoms with Gasteiger partial charge in [-0.1, -0.05) is 18.2 Å². The lowest BCUT2D eigenvalue weighted by Crippen LogP contribution is -2.22. The van der Waals surface area contributed by atoms with Gasteiger partial charge < -0.3 is 10.1 Å². The summed E-state index contributed by atoms with van der Waals surface area (Å²) in [6.07, 6.45) is 1.22. The Bertz CT molecular complexity index is 328. The Morgan fingerprint density at radius 3 is 2.59 bits per heavy atom. The molecule has 0 aliphatic heterocycles. The van der Waals surface area contributed by atoms with Crippen molar-refractivity contribution in [1.29, 1.82) is 0 Å². The third-order valence-corrected chi connectivity index (χ3v) is 2.59. The largest absolute Gasteiger partial charge is 0.379 e. The van der Waals surface area contributed by atoms with Gasteiger partial charge in [-0.15, -0.1) is 0 Å². The highest BCUT2D eigenvalue weighted by Crippen LogP contribution is 2.15. The summed E-state index contributed by atoms with van der Waals surface area (Å²) < 4.78 is 18.9. The molecule has 1 N–H and O–H groups in total. The first-order valence-corrected chi connectivity index (χ1v) is 6.20. The third kappa shape index (κ3) is 5.29. The monoisotopic (exact) mass is 239 g/mol. The lowest BCUT2D eigenvalue weighted by atomic mass is 10.1. The van der Waals surface area contributed by atoms with Crippen molar-refractivity contribution in [3.63, 3.8) is 0 Å². The van der Waals surface area contributed by atoms with E-state index in [2.05, 4.69) is 5.32 Å². The molecule has 0 aliphatic rings. The van der Waals surface area contributed by atoms with E-state index in [0.29, 0.717) is 0 Å². The third-order valence-electron chi connectivity index (χ3n) is 2.59. The summed E-state index contributed by atoms with van der Waals surface area (Å²) in [6, 6.07) is 6.92. The predicted octanol–water partition coefficient (Wildman–Crippen LogP) is 3.29. The van der Waals surface area contributed by atoms with Gasteiger partial charge in [-0.05, 0) is 39.8 Å². The fourth-order valence-electron chi connectivity index (χ4n) is 1.65. The van der Waals surface area contributed by atoms with Gasteiger partial charge in [-0.25, -0.2) is 4.39 Å². The smallest absolute Gasteiger partial charge is 0.127 e. The first kappa shape index (κ1) is 14.1. The van der Waals surface area contributed by atoms with Crippen LogP contribution in [0.3, 0.4) is 0 Å². The van der Waals surface area contributed by atoms with E-state index in [1.54, 1.807) is 6.07 Å². The second-order valence-electron chi connectivity index (χ2n) is 4.47. The molecule has 1 rings (SSSR count). The Kier molecular flexibility index (Phi) is 6.16. The first-order chi connectivity index (χ1) is 8.11. The van der Waals surface area contributed by atoms with Crippen molar-refractivity contribution in [2.45, 2.75) is 39.3 Å². The van der Waals surface area contributed by atoms with Crippen LogP contribution in [0.25, 0.3) is 0 Å². The van der Waals surface area contributed by atoms with Crippen LogP contribution in [-0.4, -0.2) is 19.3 Å². The predicted molar refractivity (Wildman–Crippen MR) is 68.5 cm³/mol. The van der Waals surface area contributed by atoms with Gasteiger partial charge >= 0.3 is 0 Å². The summed E-state index contributed by atoms with van der Waals surface area (Å²) >= 11 is 0. The van der Waals surface area contributed by atoms with Gasteiger partial charge in [0.15, 0.2) is 0 Å². The summed E-state index contributed by atoms with van der Waals surface area (Å²) in [5.74, 6) is -0.147. The number of halogens is 1. The average molecular weight is 239 g/mol. The van der Waals surface area contributed by atoms with E-state index in [0.717, 1.165) is 25.1 Å². The number of hydrogen-bond acceptors (Lipinski definition) is 2. The molecule has 1 unspecified atom stereocenters. The van der Waals surface area contributed by atoms with Crippen LogP contribution in [0.1, 0.15) is 38.8 Å². The molecule has 0 aromatic heterocycles. The zero-order chi connectivity index (χ0) is 12.7. The molecule has 0 radical (unpaired) electrons. The quantitative estimate of drug-likeness (QED) is 0.737. The minimum absolute atomic E-state index is 0.0373. The topological polar surface area (TPSA) is 21.3 Å². The van der Waals surface area contributed by atoms with Crippen molar-refractivity contribution in [3.05, 3.63) is 35.6 Å². The molecule has 0 saturated carbocycles. The average Bonchev–Trinajstić information content (AvgIpc) is 2.28. The summed E-state index contributed by atoms with van der Waals surface area (Å²) in [6.45, 7) is 7.60. The van der Waals surface area contributed by atoms with E-state index in [1.165, 1.54) is 6.07 Å². The maximum atomic E-state index is 13.5. The number of hydrogen-bond donors (Lipinski definition) is 1. The van der Waals surface area contributed by atoms with Gasteiger partial charge in [-0.2, -0.15) is 0 Å². The van der Waals surface area contributed by atoms with Crippen molar-refractivity contribution in [1.82, 2.24) is 5.32 Å². The Labute approximate surface area is 103 Å². The lowest BCUT2D eigenvalue weighted by molar-refractivity contribution is 0.0767. The molecular formula is C14H22FNO. The minimum atomic E-state index is -0.147. The molecule has 0 spiro atoms. The SMILES string of the molecule is CC(C)OCCCNC(C)c1ccccc1F. The molecule has 2 nitrogen and oxygen atoms in total. The Hall–Kier alpha value is -0.930. The van der Waals surface area contributed by atoms with Crippen LogP contribution < -0.4 is 5.32 Å². The molecule has 1 atom stereocenters. The fraction of sp³-hybridized carbons (Fsp3) is 0.571.